The molecule has 0 unspecified atom stereocenters. The van der Waals surface area contributed by atoms with Gasteiger partial charge in [0.1, 0.15) is 11.4 Å². The van der Waals surface area contributed by atoms with Crippen LogP contribution in [0.2, 0.25) is 5.02 Å². The van der Waals surface area contributed by atoms with E-state index in [4.69, 9.17) is 17.3 Å². The number of nitrogens with two attached hydrogens (primary N) is 1. The molecule has 33 heavy (non-hydrogen) atoms. The van der Waals surface area contributed by atoms with E-state index in [1.54, 1.807) is 18.2 Å². The highest BCUT2D eigenvalue weighted by atomic mass is 35.5. The first kappa shape index (κ1) is 24.5. The van der Waals surface area contributed by atoms with Crippen molar-refractivity contribution >= 4 is 45.9 Å². The highest BCUT2D eigenvalue weighted by Gasteiger charge is 2.23. The Balaban J connectivity index is 2.03. The Hall–Kier alpha value is -3.11. The zero-order valence-electron chi connectivity index (χ0n) is 18.5. The predicted octanol–water partition coefficient (Wildman–Crippen LogP) is 2.31. The summed E-state index contributed by atoms with van der Waals surface area (Å²) in [4.78, 5) is 55.6. The van der Waals surface area contributed by atoms with Gasteiger partial charge in [0.05, 0.1) is 16.7 Å². The van der Waals surface area contributed by atoms with Crippen LogP contribution in [0.3, 0.4) is 0 Å². The number of aromatic nitrogens is 4. The van der Waals surface area contributed by atoms with Crippen molar-refractivity contribution in [1.29, 1.82) is 0 Å². The number of nitrogen functional groups attached to an aromatic ring is 1. The molecule has 0 aliphatic carbocycles. The third-order valence-electron chi connectivity index (χ3n) is 4.94. The second-order valence-electron chi connectivity index (χ2n) is 7.88. The number of hydrogen-bond donors (Lipinski definition) is 1. The van der Waals surface area contributed by atoms with Gasteiger partial charge < -0.3 is 5.73 Å². The molecule has 0 saturated heterocycles. The van der Waals surface area contributed by atoms with E-state index in [1.165, 1.54) is 22.2 Å². The minimum atomic E-state index is -0.757. The van der Waals surface area contributed by atoms with Crippen LogP contribution in [-0.2, 0) is 20.1 Å². The molecule has 0 aliphatic rings. The molecular weight excluding hydrogens is 466 g/mol. The van der Waals surface area contributed by atoms with Gasteiger partial charge in [-0.05, 0) is 24.1 Å². The fraction of sp³-hybridized carbons (Fsp3) is 0.318. The van der Waals surface area contributed by atoms with Crippen LogP contribution in [0, 0.1) is 5.92 Å². The van der Waals surface area contributed by atoms with Crippen molar-refractivity contribution in [2.24, 2.45) is 13.0 Å². The molecule has 2 aromatic heterocycles. The van der Waals surface area contributed by atoms with Crippen LogP contribution >= 0.6 is 23.4 Å². The SMILES string of the molecule is C=CCn1c(SCC(=O)c2c(N)n(CC(C)C)c(=O)n(C)c2=O)nc2ccc(Cl)cc2c1=O. The van der Waals surface area contributed by atoms with E-state index in [-0.39, 0.29) is 46.9 Å². The van der Waals surface area contributed by atoms with Crippen LogP contribution in [-0.4, -0.2) is 30.2 Å². The molecule has 0 aliphatic heterocycles. The van der Waals surface area contributed by atoms with Gasteiger partial charge in [0, 0.05) is 25.2 Å². The van der Waals surface area contributed by atoms with E-state index >= 15 is 0 Å². The number of benzene rings is 1. The van der Waals surface area contributed by atoms with Crippen molar-refractivity contribution in [1.82, 2.24) is 18.7 Å². The van der Waals surface area contributed by atoms with E-state index in [9.17, 15) is 19.2 Å². The Morgan fingerprint density at radius 1 is 1.24 bits per heavy atom. The summed E-state index contributed by atoms with van der Waals surface area (Å²) in [7, 11) is 1.31. The molecule has 11 heteroatoms. The molecule has 9 nitrogen and oxygen atoms in total. The van der Waals surface area contributed by atoms with Gasteiger partial charge in [-0.3, -0.25) is 28.1 Å². The maximum atomic E-state index is 13.0. The summed E-state index contributed by atoms with van der Waals surface area (Å²) in [5.41, 5.74) is 4.61. The maximum absolute atomic E-state index is 13.0. The molecule has 0 spiro atoms. The first-order valence-electron chi connectivity index (χ1n) is 10.1. The molecule has 3 aromatic rings. The molecule has 1 aromatic carbocycles. The van der Waals surface area contributed by atoms with E-state index < -0.39 is 17.0 Å². The summed E-state index contributed by atoms with van der Waals surface area (Å²) >= 11 is 7.02. The summed E-state index contributed by atoms with van der Waals surface area (Å²) < 4.78 is 3.49. The first-order chi connectivity index (χ1) is 15.6. The lowest BCUT2D eigenvalue weighted by molar-refractivity contribution is 0.102. The van der Waals surface area contributed by atoms with Gasteiger partial charge in [0.15, 0.2) is 10.9 Å². The van der Waals surface area contributed by atoms with E-state index in [1.807, 2.05) is 13.8 Å². The van der Waals surface area contributed by atoms with Crippen LogP contribution in [0.5, 0.6) is 0 Å². The highest BCUT2D eigenvalue weighted by molar-refractivity contribution is 7.99. The standard InChI is InChI=1S/C22H24ClN5O4S/c1-5-8-27-19(30)14-9-13(23)6-7-15(14)25-21(27)33-11-16(29)17-18(24)28(10-12(2)3)22(32)26(4)20(17)31/h5-7,9,12H,1,8,10-11,24H2,2-4H3. The molecule has 2 heterocycles. The normalized spacial score (nSPS) is 11.3. The van der Waals surface area contributed by atoms with Crippen molar-refractivity contribution in [3.63, 3.8) is 0 Å². The molecule has 0 atom stereocenters. The average molecular weight is 490 g/mol. The number of carbonyl (C=O) groups excluding carboxylic acids is 1. The van der Waals surface area contributed by atoms with Crippen LogP contribution in [0.25, 0.3) is 10.9 Å². The second kappa shape index (κ2) is 9.80. The van der Waals surface area contributed by atoms with Gasteiger partial charge in [0.25, 0.3) is 11.1 Å². The van der Waals surface area contributed by atoms with E-state index in [0.29, 0.717) is 15.9 Å². The molecular formula is C22H24ClN5O4S. The average Bonchev–Trinajstić information content (AvgIpc) is 2.76. The molecule has 2 N–H and O–H groups in total. The number of thioether (sulfide) groups is 1. The fourth-order valence-corrected chi connectivity index (χ4v) is 4.41. The Labute approximate surface area is 198 Å². The van der Waals surface area contributed by atoms with Gasteiger partial charge in [0.2, 0.25) is 0 Å². The minimum Gasteiger partial charge on any atom is -0.384 e. The smallest absolute Gasteiger partial charge is 0.332 e. The minimum absolute atomic E-state index is 0.0727. The number of Topliss-reactive ketones (excluding diaryl/α,β-unsaturated/α-hetero) is 1. The lowest BCUT2D eigenvalue weighted by Gasteiger charge is -2.16. The largest absolute Gasteiger partial charge is 0.384 e. The monoisotopic (exact) mass is 489 g/mol. The van der Waals surface area contributed by atoms with Gasteiger partial charge in [-0.15, -0.1) is 6.58 Å². The Bertz CT molecular complexity index is 1440. The number of hydrogen-bond acceptors (Lipinski definition) is 7. The molecule has 0 radical (unpaired) electrons. The van der Waals surface area contributed by atoms with Gasteiger partial charge >= 0.3 is 5.69 Å². The summed E-state index contributed by atoms with van der Waals surface area (Å²) in [6.45, 7) is 7.90. The number of allylic oxidation sites excluding steroid dienone is 1. The van der Waals surface area contributed by atoms with E-state index in [2.05, 4.69) is 11.6 Å². The summed E-state index contributed by atoms with van der Waals surface area (Å²) in [5.74, 6) is -0.858. The van der Waals surface area contributed by atoms with Crippen molar-refractivity contribution in [3.05, 3.63) is 72.6 Å². The predicted molar refractivity (Wildman–Crippen MR) is 131 cm³/mol. The van der Waals surface area contributed by atoms with E-state index in [0.717, 1.165) is 16.3 Å². The van der Waals surface area contributed by atoms with Crippen molar-refractivity contribution < 1.29 is 4.79 Å². The number of carbonyl (C=O) groups is 1. The van der Waals surface area contributed by atoms with Crippen LogP contribution in [0.4, 0.5) is 5.82 Å². The molecule has 0 saturated carbocycles. The Morgan fingerprint density at radius 3 is 2.58 bits per heavy atom. The quantitative estimate of drug-likeness (QED) is 0.223. The summed E-state index contributed by atoms with van der Waals surface area (Å²) in [6, 6.07) is 4.78. The van der Waals surface area contributed by atoms with Crippen molar-refractivity contribution in [2.75, 3.05) is 11.5 Å². The topological polar surface area (TPSA) is 122 Å². The molecule has 174 valence electrons. The third-order valence-corrected chi connectivity index (χ3v) is 6.15. The Kier molecular flexibility index (Phi) is 7.28. The molecule has 0 amide bonds. The first-order valence-corrected chi connectivity index (χ1v) is 11.5. The van der Waals surface area contributed by atoms with Crippen molar-refractivity contribution in [3.8, 4) is 0 Å². The second-order valence-corrected chi connectivity index (χ2v) is 9.26. The van der Waals surface area contributed by atoms with Gasteiger partial charge in [-0.1, -0.05) is 43.3 Å². The van der Waals surface area contributed by atoms with Crippen LogP contribution < -0.4 is 22.5 Å². The van der Waals surface area contributed by atoms with Crippen molar-refractivity contribution in [2.45, 2.75) is 32.1 Å². The maximum Gasteiger partial charge on any atom is 0.332 e. The summed E-state index contributed by atoms with van der Waals surface area (Å²) in [5, 5.41) is 1.04. The zero-order chi connectivity index (χ0) is 24.4. The number of ketones is 1. The Morgan fingerprint density at radius 2 is 1.94 bits per heavy atom. The van der Waals surface area contributed by atoms with Crippen LogP contribution in [0.1, 0.15) is 24.2 Å². The number of nitrogens with zero attached hydrogens (tertiary/aromatic N) is 4. The molecule has 0 bridgehead atoms. The molecule has 3 rings (SSSR count). The highest BCUT2D eigenvalue weighted by Crippen LogP contribution is 2.22. The summed E-state index contributed by atoms with van der Waals surface area (Å²) in [6.07, 6.45) is 1.54. The third kappa shape index (κ3) is 4.81. The fourth-order valence-electron chi connectivity index (χ4n) is 3.36. The lowest BCUT2D eigenvalue weighted by atomic mass is 10.2. The number of rotatable bonds is 8. The number of anilines is 1. The molecule has 0 fully saturated rings. The number of fused-ring (bicyclic) bond motifs is 1. The van der Waals surface area contributed by atoms with Gasteiger partial charge in [-0.25, -0.2) is 9.78 Å². The van der Waals surface area contributed by atoms with Crippen LogP contribution in [0.15, 0.2) is 50.4 Å². The number of halogens is 1. The lowest BCUT2D eigenvalue weighted by Crippen LogP contribution is -2.43. The zero-order valence-corrected chi connectivity index (χ0v) is 20.1. The van der Waals surface area contributed by atoms with Gasteiger partial charge in [-0.2, -0.15) is 0 Å².